The van der Waals surface area contributed by atoms with E-state index in [0.29, 0.717) is 51.7 Å². The van der Waals surface area contributed by atoms with Crippen LogP contribution in [0.1, 0.15) is 27.1 Å². The molecular weight excluding hydrogens is 599 g/mol. The van der Waals surface area contributed by atoms with Gasteiger partial charge in [-0.3, -0.25) is 15.0 Å². The molecular formula is C29H30Cl2N6O4S. The molecule has 13 heteroatoms. The van der Waals surface area contributed by atoms with Gasteiger partial charge >= 0.3 is 0 Å². The topological polar surface area (TPSA) is 121 Å². The van der Waals surface area contributed by atoms with Crippen LogP contribution in [-0.4, -0.2) is 73.1 Å². The number of carbonyl (C=O) groups is 2. The molecule has 3 aromatic carbocycles. The van der Waals surface area contributed by atoms with E-state index in [-0.39, 0.29) is 28.7 Å². The summed E-state index contributed by atoms with van der Waals surface area (Å²) in [5, 5.41) is 9.82. The van der Waals surface area contributed by atoms with Gasteiger partial charge in [-0.25, -0.2) is 0 Å². The van der Waals surface area contributed by atoms with Gasteiger partial charge in [-0.1, -0.05) is 29.3 Å². The van der Waals surface area contributed by atoms with Crippen LogP contribution >= 0.6 is 23.2 Å². The second-order valence-corrected chi connectivity index (χ2v) is 12.3. The number of hydrogen-bond acceptors (Lipinski definition) is 5. The Bertz CT molecular complexity index is 1810. The van der Waals surface area contributed by atoms with E-state index < -0.39 is 10.0 Å². The van der Waals surface area contributed by atoms with Crippen molar-refractivity contribution in [2.45, 2.75) is 24.4 Å². The third kappa shape index (κ3) is 6.92. The van der Waals surface area contributed by atoms with Crippen LogP contribution in [0.15, 0.2) is 76.0 Å². The zero-order chi connectivity index (χ0) is 30.6. The molecule has 1 amide bonds. The molecule has 220 valence electrons. The average molecular weight is 630 g/mol. The van der Waals surface area contributed by atoms with Crippen molar-refractivity contribution < 1.29 is 18.0 Å². The van der Waals surface area contributed by atoms with Crippen LogP contribution in [0.4, 0.5) is 0 Å². The molecule has 0 atom stereocenters. The number of Topliss-reactive ketones (excluding diaryl/α,β-unsaturated/α-hetero) is 1. The van der Waals surface area contributed by atoms with Gasteiger partial charge in [-0.05, 0) is 67.1 Å². The van der Waals surface area contributed by atoms with Crippen LogP contribution in [-0.2, 0) is 23.1 Å². The van der Waals surface area contributed by atoms with Crippen LogP contribution in [0, 0.1) is 5.41 Å². The van der Waals surface area contributed by atoms with Crippen molar-refractivity contribution in [2.24, 2.45) is 4.40 Å². The van der Waals surface area contributed by atoms with Gasteiger partial charge in [-0.15, -0.1) is 4.40 Å². The first kappa shape index (κ1) is 31.0. The minimum absolute atomic E-state index is 0.0120. The van der Waals surface area contributed by atoms with Gasteiger partial charge in [0.25, 0.3) is 15.9 Å². The number of carbonyl (C=O) groups excluding carboxylic acids is 2. The number of aromatic nitrogens is 2. The van der Waals surface area contributed by atoms with Crippen molar-refractivity contribution in [3.8, 4) is 0 Å². The first-order valence-electron chi connectivity index (χ1n) is 12.9. The fourth-order valence-electron chi connectivity index (χ4n) is 4.38. The Morgan fingerprint density at radius 3 is 2.21 bits per heavy atom. The Balaban J connectivity index is 1.47. The molecule has 0 saturated carbocycles. The number of amides is 1. The Labute approximate surface area is 254 Å². The van der Waals surface area contributed by atoms with Crippen LogP contribution in [0.3, 0.4) is 0 Å². The van der Waals surface area contributed by atoms with Crippen LogP contribution in [0.2, 0.25) is 10.0 Å². The summed E-state index contributed by atoms with van der Waals surface area (Å²) in [6.07, 6.45) is 1.70. The molecule has 4 aromatic rings. The maximum atomic E-state index is 13.0. The largest absolute Gasteiger partial charge is 0.368 e. The van der Waals surface area contributed by atoms with Crippen molar-refractivity contribution in [3.05, 3.63) is 93.5 Å². The lowest BCUT2D eigenvalue weighted by Crippen LogP contribution is -2.31. The number of rotatable bonds is 11. The second-order valence-electron chi connectivity index (χ2n) is 9.86. The lowest BCUT2D eigenvalue weighted by molar-refractivity contribution is 0.0791. The Morgan fingerprint density at radius 1 is 0.929 bits per heavy atom. The number of halogens is 2. The molecule has 4 rings (SSSR count). The van der Waals surface area contributed by atoms with Crippen molar-refractivity contribution in [2.75, 3.05) is 27.7 Å². The van der Waals surface area contributed by atoms with Gasteiger partial charge in [0.1, 0.15) is 6.34 Å². The number of benzene rings is 3. The molecule has 0 saturated heterocycles. The van der Waals surface area contributed by atoms with E-state index in [1.54, 1.807) is 66.7 Å². The van der Waals surface area contributed by atoms with Crippen molar-refractivity contribution in [1.29, 1.82) is 5.41 Å². The normalized spacial score (nSPS) is 11.7. The lowest BCUT2D eigenvalue weighted by Gasteiger charge is -2.17. The summed E-state index contributed by atoms with van der Waals surface area (Å²) < 4.78 is 31.6. The Hall–Kier alpha value is -3.93. The van der Waals surface area contributed by atoms with E-state index in [1.807, 2.05) is 6.07 Å². The van der Waals surface area contributed by atoms with Crippen molar-refractivity contribution in [3.63, 3.8) is 0 Å². The zero-order valence-electron chi connectivity index (χ0n) is 23.3. The van der Waals surface area contributed by atoms with E-state index >= 15 is 0 Å². The summed E-state index contributed by atoms with van der Waals surface area (Å²) in [6.45, 7) is 0.689. The van der Waals surface area contributed by atoms with Crippen LogP contribution in [0.25, 0.3) is 11.0 Å². The summed E-state index contributed by atoms with van der Waals surface area (Å²) in [5.74, 6) is -0.446. The quantitative estimate of drug-likeness (QED) is 0.148. The van der Waals surface area contributed by atoms with Gasteiger partial charge in [0.2, 0.25) is 5.62 Å². The number of ketones is 1. The summed E-state index contributed by atoms with van der Waals surface area (Å²) in [5.41, 5.74) is 2.23. The molecule has 1 heterocycles. The van der Waals surface area contributed by atoms with Crippen molar-refractivity contribution >= 4 is 62.3 Å². The van der Waals surface area contributed by atoms with Gasteiger partial charge in [0, 0.05) is 50.4 Å². The zero-order valence-corrected chi connectivity index (χ0v) is 25.6. The standard InChI is InChI=1S/C29H30Cl2N6O4S/c1-34(2)19-33-42(40,41)23-14-10-21(11-15-23)28(39)35(3)16-5-17-36-27-24(31)6-4-7-25(27)37(29(36)32)18-26(38)20-8-12-22(30)13-9-20/h4,6-15,19,32H,5,16-18H2,1-3H3/b32-29?,33-19+. The molecule has 0 aliphatic carbocycles. The van der Waals surface area contributed by atoms with Crippen LogP contribution < -0.4 is 5.62 Å². The summed E-state index contributed by atoms with van der Waals surface area (Å²) in [4.78, 5) is 29.0. The third-order valence-corrected chi connectivity index (χ3v) is 8.34. The Morgan fingerprint density at radius 2 is 1.57 bits per heavy atom. The summed E-state index contributed by atoms with van der Waals surface area (Å²) in [6, 6.07) is 17.5. The fraction of sp³-hybridized carbons (Fsp3) is 0.241. The molecule has 1 N–H and O–H groups in total. The smallest absolute Gasteiger partial charge is 0.283 e. The molecule has 10 nitrogen and oxygen atoms in total. The number of fused-ring (bicyclic) bond motifs is 1. The summed E-state index contributed by atoms with van der Waals surface area (Å²) >= 11 is 12.5. The molecule has 0 unspecified atom stereocenters. The van der Waals surface area contributed by atoms with Crippen LogP contribution in [0.5, 0.6) is 0 Å². The molecule has 0 spiro atoms. The van der Waals surface area contributed by atoms with E-state index in [9.17, 15) is 18.0 Å². The molecule has 0 radical (unpaired) electrons. The van der Waals surface area contributed by atoms with E-state index in [0.717, 1.165) is 0 Å². The number of sulfonamides is 1. The number of nitrogens with zero attached hydrogens (tertiary/aromatic N) is 5. The maximum Gasteiger partial charge on any atom is 0.283 e. The number of aryl methyl sites for hydroxylation is 1. The van der Waals surface area contributed by atoms with Gasteiger partial charge in [-0.2, -0.15) is 8.42 Å². The maximum absolute atomic E-state index is 13.0. The molecule has 0 bridgehead atoms. The lowest BCUT2D eigenvalue weighted by atomic mass is 10.1. The average Bonchev–Trinajstić information content (AvgIpc) is 3.23. The summed E-state index contributed by atoms with van der Waals surface area (Å²) in [7, 11) is 1.11. The number of hydrogen-bond donors (Lipinski definition) is 1. The van der Waals surface area contributed by atoms with E-state index in [4.69, 9.17) is 28.6 Å². The monoisotopic (exact) mass is 628 g/mol. The highest BCUT2D eigenvalue weighted by molar-refractivity contribution is 7.90. The molecule has 0 fully saturated rings. The number of imidazole rings is 1. The molecule has 0 aliphatic heterocycles. The minimum Gasteiger partial charge on any atom is -0.368 e. The van der Waals surface area contributed by atoms with E-state index in [2.05, 4.69) is 4.40 Å². The SMILES string of the molecule is CN(C)/C=N/S(=O)(=O)c1ccc(C(=O)N(C)CCCn2c(=N)n(CC(=O)c3ccc(Cl)cc3)c3cccc(Cl)c32)cc1. The van der Waals surface area contributed by atoms with Crippen molar-refractivity contribution in [1.82, 2.24) is 18.9 Å². The minimum atomic E-state index is -3.87. The molecule has 1 aromatic heterocycles. The molecule has 0 aliphatic rings. The number of nitrogens with one attached hydrogen (secondary N) is 1. The highest BCUT2D eigenvalue weighted by atomic mass is 35.5. The predicted octanol–water partition coefficient (Wildman–Crippen LogP) is 4.55. The Kier molecular flexibility index (Phi) is 9.55. The highest BCUT2D eigenvalue weighted by Gasteiger charge is 2.19. The van der Waals surface area contributed by atoms with Gasteiger partial charge < -0.3 is 18.9 Å². The van der Waals surface area contributed by atoms with Gasteiger partial charge in [0.15, 0.2) is 5.78 Å². The third-order valence-electron chi connectivity index (χ3n) is 6.54. The number of para-hydroxylation sites is 1. The molecule has 42 heavy (non-hydrogen) atoms. The fourth-order valence-corrected chi connectivity index (χ4v) is 5.69. The van der Waals surface area contributed by atoms with Gasteiger partial charge in [0.05, 0.1) is 27.5 Å². The predicted molar refractivity (Wildman–Crippen MR) is 164 cm³/mol. The highest BCUT2D eigenvalue weighted by Crippen LogP contribution is 2.24. The van der Waals surface area contributed by atoms with E-state index in [1.165, 1.54) is 40.4 Å². The first-order chi connectivity index (χ1) is 19.9. The first-order valence-corrected chi connectivity index (χ1v) is 15.1. The second kappa shape index (κ2) is 12.9.